The highest BCUT2D eigenvalue weighted by Crippen LogP contribution is 2.30. The molecule has 2 saturated heterocycles. The van der Waals surface area contributed by atoms with Gasteiger partial charge in [-0.1, -0.05) is 0 Å². The Morgan fingerprint density at radius 3 is 2.78 bits per heavy atom. The average Bonchev–Trinajstić information content (AvgIpc) is 2.98. The van der Waals surface area contributed by atoms with E-state index in [1.807, 2.05) is 6.92 Å². The first kappa shape index (κ1) is 11.7. The van der Waals surface area contributed by atoms with E-state index in [0.29, 0.717) is 25.5 Å². The van der Waals surface area contributed by atoms with Gasteiger partial charge in [-0.25, -0.2) is 0 Å². The van der Waals surface area contributed by atoms with Crippen molar-refractivity contribution in [2.45, 2.75) is 25.6 Å². The molecule has 0 aromatic carbocycles. The van der Waals surface area contributed by atoms with Crippen molar-refractivity contribution >= 4 is 5.91 Å². The van der Waals surface area contributed by atoms with Crippen molar-refractivity contribution in [2.75, 3.05) is 26.3 Å². The second-order valence-electron chi connectivity index (χ2n) is 4.85. The van der Waals surface area contributed by atoms with E-state index in [-0.39, 0.29) is 5.91 Å². The number of aryl methyl sites for hydroxylation is 1. The quantitative estimate of drug-likeness (QED) is 0.760. The van der Waals surface area contributed by atoms with Gasteiger partial charge in [0.2, 0.25) is 0 Å². The van der Waals surface area contributed by atoms with Gasteiger partial charge in [0.05, 0.1) is 19.8 Å². The summed E-state index contributed by atoms with van der Waals surface area (Å²) >= 11 is 0. The zero-order valence-corrected chi connectivity index (χ0v) is 10.5. The molecule has 0 bridgehead atoms. The Morgan fingerprint density at radius 2 is 2.11 bits per heavy atom. The van der Waals surface area contributed by atoms with Gasteiger partial charge >= 0.3 is 0 Å². The van der Waals surface area contributed by atoms with Crippen LogP contribution in [0, 0.1) is 6.92 Å². The van der Waals surface area contributed by atoms with E-state index in [4.69, 9.17) is 13.9 Å². The van der Waals surface area contributed by atoms with Gasteiger partial charge < -0.3 is 18.8 Å². The Labute approximate surface area is 106 Å². The van der Waals surface area contributed by atoms with Crippen molar-refractivity contribution < 1.29 is 18.7 Å². The topological polar surface area (TPSA) is 51.9 Å². The number of nitrogens with zero attached hydrogens (tertiary/aromatic N) is 1. The monoisotopic (exact) mass is 251 g/mol. The van der Waals surface area contributed by atoms with Gasteiger partial charge in [-0.15, -0.1) is 0 Å². The van der Waals surface area contributed by atoms with Crippen molar-refractivity contribution in [1.82, 2.24) is 4.90 Å². The number of rotatable bonds is 1. The second kappa shape index (κ2) is 4.40. The van der Waals surface area contributed by atoms with E-state index in [2.05, 4.69) is 0 Å². The molecule has 0 N–H and O–H groups in total. The summed E-state index contributed by atoms with van der Waals surface area (Å²) in [5, 5.41) is 0. The van der Waals surface area contributed by atoms with Crippen LogP contribution in [0.25, 0.3) is 0 Å². The summed E-state index contributed by atoms with van der Waals surface area (Å²) in [6.07, 6.45) is 1.75. The van der Waals surface area contributed by atoms with Gasteiger partial charge in [0.15, 0.2) is 11.5 Å². The predicted octanol–water partition coefficient (Wildman–Crippen LogP) is 1.57. The van der Waals surface area contributed by atoms with E-state index in [1.165, 1.54) is 0 Å². The van der Waals surface area contributed by atoms with Crippen molar-refractivity contribution in [1.29, 1.82) is 0 Å². The first-order valence-corrected chi connectivity index (χ1v) is 6.32. The molecule has 1 spiro atoms. The molecule has 0 saturated carbocycles. The van der Waals surface area contributed by atoms with Gasteiger partial charge in [-0.2, -0.15) is 0 Å². The summed E-state index contributed by atoms with van der Waals surface area (Å²) in [5.41, 5.74) is 0. The lowest BCUT2D eigenvalue weighted by Crippen LogP contribution is -2.50. The predicted molar refractivity (Wildman–Crippen MR) is 63.2 cm³/mol. The Kier molecular flexibility index (Phi) is 2.87. The smallest absolute Gasteiger partial charge is 0.289 e. The fraction of sp³-hybridized carbons (Fsp3) is 0.615. The molecule has 0 atom stereocenters. The van der Waals surface area contributed by atoms with Gasteiger partial charge in [0.1, 0.15) is 5.76 Å². The Morgan fingerprint density at radius 1 is 1.33 bits per heavy atom. The van der Waals surface area contributed by atoms with Crippen LogP contribution in [0.4, 0.5) is 0 Å². The molecule has 18 heavy (non-hydrogen) atoms. The van der Waals surface area contributed by atoms with Crippen LogP contribution < -0.4 is 0 Å². The molecule has 1 amide bonds. The lowest BCUT2D eigenvalue weighted by Gasteiger charge is -2.38. The van der Waals surface area contributed by atoms with Crippen molar-refractivity contribution in [3.63, 3.8) is 0 Å². The highest BCUT2D eigenvalue weighted by atomic mass is 16.7. The van der Waals surface area contributed by atoms with Crippen molar-refractivity contribution in [3.8, 4) is 0 Å². The normalized spacial score (nSPS) is 22.6. The summed E-state index contributed by atoms with van der Waals surface area (Å²) in [7, 11) is 0. The maximum atomic E-state index is 12.3. The maximum Gasteiger partial charge on any atom is 0.289 e. The minimum absolute atomic E-state index is 0.0822. The van der Waals surface area contributed by atoms with E-state index in [9.17, 15) is 4.79 Å². The number of carbonyl (C=O) groups excluding carboxylic acids is 1. The lowest BCUT2D eigenvalue weighted by atomic mass is 10.0. The van der Waals surface area contributed by atoms with Crippen LogP contribution in [0.3, 0.4) is 0 Å². The lowest BCUT2D eigenvalue weighted by molar-refractivity contribution is -0.183. The number of piperidine rings is 1. The van der Waals surface area contributed by atoms with Crippen LogP contribution in [-0.2, 0) is 9.47 Å². The molecular weight excluding hydrogens is 234 g/mol. The summed E-state index contributed by atoms with van der Waals surface area (Å²) in [4.78, 5) is 14.0. The number of carbonyl (C=O) groups is 1. The van der Waals surface area contributed by atoms with Crippen LogP contribution in [-0.4, -0.2) is 42.9 Å². The van der Waals surface area contributed by atoms with Crippen LogP contribution in [0.1, 0.15) is 29.2 Å². The third-order valence-corrected chi connectivity index (χ3v) is 3.47. The van der Waals surface area contributed by atoms with Gasteiger partial charge in [0.25, 0.3) is 5.91 Å². The number of likely N-dealkylation sites (tertiary alicyclic amines) is 1. The van der Waals surface area contributed by atoms with Gasteiger partial charge in [0, 0.05) is 13.0 Å². The fourth-order valence-corrected chi connectivity index (χ4v) is 2.60. The summed E-state index contributed by atoms with van der Waals surface area (Å²) in [6.45, 7) is 4.28. The third kappa shape index (κ3) is 2.04. The summed E-state index contributed by atoms with van der Waals surface area (Å²) < 4.78 is 16.7. The molecule has 98 valence electrons. The van der Waals surface area contributed by atoms with Crippen molar-refractivity contribution in [2.24, 2.45) is 0 Å². The van der Waals surface area contributed by atoms with Gasteiger partial charge in [-0.3, -0.25) is 4.79 Å². The molecule has 2 fully saturated rings. The van der Waals surface area contributed by atoms with Crippen molar-refractivity contribution in [3.05, 3.63) is 23.7 Å². The largest absolute Gasteiger partial charge is 0.456 e. The third-order valence-electron chi connectivity index (χ3n) is 3.47. The molecule has 1 aromatic rings. The van der Waals surface area contributed by atoms with Crippen LogP contribution in [0.2, 0.25) is 0 Å². The minimum Gasteiger partial charge on any atom is -0.456 e. The Bertz CT molecular complexity index is 448. The van der Waals surface area contributed by atoms with E-state index < -0.39 is 5.79 Å². The molecule has 5 heteroatoms. The zero-order chi connectivity index (χ0) is 12.6. The van der Waals surface area contributed by atoms with E-state index >= 15 is 0 Å². The number of amides is 1. The molecule has 0 unspecified atom stereocenters. The Balaban J connectivity index is 1.74. The first-order valence-electron chi connectivity index (χ1n) is 6.32. The molecule has 3 rings (SSSR count). The van der Waals surface area contributed by atoms with E-state index in [1.54, 1.807) is 17.0 Å². The van der Waals surface area contributed by atoms with Crippen LogP contribution in [0.5, 0.6) is 0 Å². The highest BCUT2D eigenvalue weighted by molar-refractivity contribution is 5.91. The van der Waals surface area contributed by atoms with Crippen LogP contribution >= 0.6 is 0 Å². The minimum atomic E-state index is -0.574. The second-order valence-corrected chi connectivity index (χ2v) is 4.85. The molecule has 0 radical (unpaired) electrons. The molecule has 2 aliphatic rings. The first-order chi connectivity index (χ1) is 8.69. The molecule has 5 nitrogen and oxygen atoms in total. The summed E-state index contributed by atoms with van der Waals surface area (Å²) in [6, 6.07) is 3.52. The molecular formula is C13H17NO4. The number of furan rings is 1. The number of ether oxygens (including phenoxy) is 2. The number of hydrogen-bond acceptors (Lipinski definition) is 4. The molecule has 0 aliphatic carbocycles. The van der Waals surface area contributed by atoms with Crippen LogP contribution in [0.15, 0.2) is 16.5 Å². The molecule has 3 heterocycles. The highest BCUT2D eigenvalue weighted by Gasteiger charge is 2.42. The zero-order valence-electron chi connectivity index (χ0n) is 10.5. The van der Waals surface area contributed by atoms with E-state index in [0.717, 1.165) is 25.1 Å². The number of hydrogen-bond donors (Lipinski definition) is 0. The average molecular weight is 251 g/mol. The molecule has 1 aromatic heterocycles. The summed E-state index contributed by atoms with van der Waals surface area (Å²) in [5.74, 6) is 0.484. The maximum absolute atomic E-state index is 12.3. The fourth-order valence-electron chi connectivity index (χ4n) is 2.60. The standard InChI is InChI=1S/C13H17NO4/c1-10-3-4-11(18-10)12(15)14-6-2-5-13(9-14)16-7-8-17-13/h3-4H,2,5-9H2,1H3. The van der Waals surface area contributed by atoms with Gasteiger partial charge in [-0.05, 0) is 25.5 Å². The molecule has 2 aliphatic heterocycles. The SMILES string of the molecule is Cc1ccc(C(=O)N2CCCC3(C2)OCCO3)o1. The Hall–Kier alpha value is -1.33.